The van der Waals surface area contributed by atoms with Crippen LogP contribution in [0.4, 0.5) is 0 Å². The van der Waals surface area contributed by atoms with Crippen LogP contribution in [-0.2, 0) is 9.31 Å². The van der Waals surface area contributed by atoms with E-state index in [-0.39, 0.29) is 11.2 Å². The summed E-state index contributed by atoms with van der Waals surface area (Å²) < 4.78 is 19.5. The molecule has 1 aromatic heterocycles. The minimum absolute atomic E-state index is 0.388. The summed E-state index contributed by atoms with van der Waals surface area (Å²) in [6.07, 6.45) is 0. The molecule has 7 aromatic rings. The van der Waals surface area contributed by atoms with Crippen molar-refractivity contribution in [2.24, 2.45) is 0 Å². The Kier molecular flexibility index (Phi) is 4.30. The van der Waals surface area contributed by atoms with Gasteiger partial charge in [0.15, 0.2) is 0 Å². The minimum Gasteiger partial charge on any atom is -0.455 e. The zero-order valence-electron chi connectivity index (χ0n) is 22.0. The third-order valence-electron chi connectivity index (χ3n) is 8.86. The van der Waals surface area contributed by atoms with E-state index in [1.54, 1.807) is 0 Å². The number of rotatable bonds is 1. The number of benzene rings is 6. The molecule has 184 valence electrons. The lowest BCUT2D eigenvalue weighted by Crippen LogP contribution is -2.41. The van der Waals surface area contributed by atoms with Crippen LogP contribution in [0.5, 0.6) is 0 Å². The molecule has 38 heavy (non-hydrogen) atoms. The molecule has 0 spiro atoms. The lowest BCUT2D eigenvalue weighted by Gasteiger charge is -2.32. The van der Waals surface area contributed by atoms with Crippen molar-refractivity contribution in [1.29, 1.82) is 0 Å². The first-order valence-electron chi connectivity index (χ1n) is 13.3. The zero-order chi connectivity index (χ0) is 25.8. The van der Waals surface area contributed by atoms with Crippen molar-refractivity contribution in [3.8, 4) is 0 Å². The molecule has 8 rings (SSSR count). The van der Waals surface area contributed by atoms with E-state index in [0.717, 1.165) is 22.0 Å². The van der Waals surface area contributed by atoms with E-state index in [9.17, 15) is 0 Å². The molecular formula is C34H27BO3. The lowest BCUT2D eigenvalue weighted by molar-refractivity contribution is 0.00578. The van der Waals surface area contributed by atoms with Crippen LogP contribution in [-0.4, -0.2) is 18.3 Å². The fraction of sp³-hybridized carbons (Fsp3) is 0.176. The van der Waals surface area contributed by atoms with E-state index >= 15 is 0 Å². The predicted octanol–water partition coefficient (Wildman–Crippen LogP) is 8.50. The highest BCUT2D eigenvalue weighted by Gasteiger charge is 2.51. The van der Waals surface area contributed by atoms with E-state index in [4.69, 9.17) is 13.7 Å². The molecule has 1 aliphatic heterocycles. The molecule has 1 aliphatic rings. The molecule has 1 fully saturated rings. The summed E-state index contributed by atoms with van der Waals surface area (Å²) in [7, 11) is -0.409. The van der Waals surface area contributed by atoms with E-state index in [2.05, 4.69) is 113 Å². The van der Waals surface area contributed by atoms with Gasteiger partial charge in [-0.15, -0.1) is 0 Å². The summed E-state index contributed by atoms with van der Waals surface area (Å²) in [6, 6.07) is 32.4. The molecule has 1 saturated heterocycles. The standard InChI is InChI=1S/C34H27BO3/c1-33(2)34(3,4)38-35(37-33)20-17-18-25-27(19-20)21-11-5-6-12-22(21)31-29(25)23-13-7-8-14-24(23)30-26-15-9-10-16-28(26)36-32(30)31/h5-19H,1-4H3. The number of para-hydroxylation sites is 1. The van der Waals surface area contributed by atoms with Crippen molar-refractivity contribution in [3.63, 3.8) is 0 Å². The van der Waals surface area contributed by atoms with Crippen LogP contribution in [0, 0.1) is 0 Å². The molecule has 2 heterocycles. The van der Waals surface area contributed by atoms with Crippen LogP contribution in [0.1, 0.15) is 27.7 Å². The summed E-state index contributed by atoms with van der Waals surface area (Å²) in [4.78, 5) is 0. The first-order chi connectivity index (χ1) is 18.3. The number of fused-ring (bicyclic) bond motifs is 13. The van der Waals surface area contributed by atoms with Crippen molar-refractivity contribution < 1.29 is 13.7 Å². The topological polar surface area (TPSA) is 31.6 Å². The molecular weight excluding hydrogens is 467 g/mol. The monoisotopic (exact) mass is 494 g/mol. The fourth-order valence-corrected chi connectivity index (χ4v) is 6.26. The highest BCUT2D eigenvalue weighted by atomic mass is 16.7. The Bertz CT molecular complexity index is 2080. The van der Waals surface area contributed by atoms with Gasteiger partial charge in [0.25, 0.3) is 0 Å². The maximum absolute atomic E-state index is 6.64. The van der Waals surface area contributed by atoms with Gasteiger partial charge in [0.1, 0.15) is 11.2 Å². The second kappa shape index (κ2) is 7.38. The molecule has 4 heteroatoms. The molecule has 0 saturated carbocycles. The average Bonchev–Trinajstić information content (AvgIpc) is 3.41. The molecule has 0 radical (unpaired) electrons. The van der Waals surface area contributed by atoms with Crippen molar-refractivity contribution in [2.45, 2.75) is 38.9 Å². The van der Waals surface area contributed by atoms with Crippen molar-refractivity contribution in [1.82, 2.24) is 0 Å². The van der Waals surface area contributed by atoms with Gasteiger partial charge >= 0.3 is 7.12 Å². The molecule has 3 nitrogen and oxygen atoms in total. The van der Waals surface area contributed by atoms with E-state index in [1.807, 2.05) is 6.07 Å². The second-order valence-corrected chi connectivity index (χ2v) is 11.5. The van der Waals surface area contributed by atoms with Gasteiger partial charge in [-0.2, -0.15) is 0 Å². The van der Waals surface area contributed by atoms with Gasteiger partial charge in [0.05, 0.1) is 11.2 Å². The number of furan rings is 1. The van der Waals surface area contributed by atoms with Gasteiger partial charge in [-0.25, -0.2) is 0 Å². The molecule has 0 N–H and O–H groups in total. The summed E-state index contributed by atoms with van der Waals surface area (Å²) >= 11 is 0. The van der Waals surface area contributed by atoms with Crippen molar-refractivity contribution in [2.75, 3.05) is 0 Å². The van der Waals surface area contributed by atoms with Crippen LogP contribution >= 0.6 is 0 Å². The van der Waals surface area contributed by atoms with Gasteiger partial charge in [-0.05, 0) is 71.5 Å². The molecule has 6 aromatic carbocycles. The van der Waals surface area contributed by atoms with Crippen molar-refractivity contribution >= 4 is 77.6 Å². The summed E-state index contributed by atoms with van der Waals surface area (Å²) in [6.45, 7) is 8.40. The normalized spacial score (nSPS) is 17.1. The van der Waals surface area contributed by atoms with Gasteiger partial charge in [-0.3, -0.25) is 0 Å². The maximum atomic E-state index is 6.64. The zero-order valence-corrected chi connectivity index (χ0v) is 22.0. The van der Waals surface area contributed by atoms with Crippen LogP contribution in [0.25, 0.3) is 65.0 Å². The van der Waals surface area contributed by atoms with Crippen LogP contribution < -0.4 is 5.46 Å². The Morgan fingerprint density at radius 2 is 1.03 bits per heavy atom. The van der Waals surface area contributed by atoms with Gasteiger partial charge < -0.3 is 13.7 Å². The SMILES string of the molecule is CC1(C)OB(c2ccc3c(c2)c2ccccc2c2c4oc5ccccc5c4c4ccccc4c32)OC1(C)C. The van der Waals surface area contributed by atoms with Crippen LogP contribution in [0.2, 0.25) is 0 Å². The Hall–Kier alpha value is -3.86. The largest absolute Gasteiger partial charge is 0.494 e. The average molecular weight is 494 g/mol. The molecule has 0 atom stereocenters. The third-order valence-corrected chi connectivity index (χ3v) is 8.86. The highest BCUT2D eigenvalue weighted by molar-refractivity contribution is 6.62. The Labute approximate surface area is 221 Å². The second-order valence-electron chi connectivity index (χ2n) is 11.5. The Morgan fingerprint density at radius 3 is 1.71 bits per heavy atom. The molecule has 0 amide bonds. The predicted molar refractivity (Wildman–Crippen MR) is 159 cm³/mol. The Morgan fingerprint density at radius 1 is 0.500 bits per heavy atom. The lowest BCUT2D eigenvalue weighted by atomic mass is 9.77. The van der Waals surface area contributed by atoms with E-state index < -0.39 is 7.12 Å². The first kappa shape index (κ1) is 22.2. The maximum Gasteiger partial charge on any atom is 0.494 e. The molecule has 0 aliphatic carbocycles. The van der Waals surface area contributed by atoms with Crippen LogP contribution in [0.15, 0.2) is 95.4 Å². The quantitative estimate of drug-likeness (QED) is 0.169. The molecule has 0 bridgehead atoms. The summed E-state index contributed by atoms with van der Waals surface area (Å²) in [5.74, 6) is 0. The number of hydrogen-bond acceptors (Lipinski definition) is 3. The fourth-order valence-electron chi connectivity index (χ4n) is 6.26. The van der Waals surface area contributed by atoms with Crippen molar-refractivity contribution in [3.05, 3.63) is 91.0 Å². The summed E-state index contributed by atoms with van der Waals surface area (Å²) in [5.41, 5.74) is 2.13. The smallest absolute Gasteiger partial charge is 0.455 e. The summed E-state index contributed by atoms with van der Waals surface area (Å²) in [5, 5.41) is 12.0. The van der Waals surface area contributed by atoms with Gasteiger partial charge in [0.2, 0.25) is 0 Å². The first-order valence-corrected chi connectivity index (χ1v) is 13.3. The van der Waals surface area contributed by atoms with Crippen LogP contribution in [0.3, 0.4) is 0 Å². The highest BCUT2D eigenvalue weighted by Crippen LogP contribution is 2.46. The molecule has 0 unspecified atom stereocenters. The van der Waals surface area contributed by atoms with E-state index in [1.165, 1.54) is 48.5 Å². The third kappa shape index (κ3) is 2.82. The van der Waals surface area contributed by atoms with Gasteiger partial charge in [0, 0.05) is 21.5 Å². The Balaban J connectivity index is 1.55. The van der Waals surface area contributed by atoms with E-state index in [0.29, 0.717) is 0 Å². The minimum atomic E-state index is -0.409. The van der Waals surface area contributed by atoms with Gasteiger partial charge in [-0.1, -0.05) is 84.9 Å². The number of hydrogen-bond donors (Lipinski definition) is 0.